The van der Waals surface area contributed by atoms with Crippen molar-refractivity contribution in [2.75, 3.05) is 0 Å². The lowest BCUT2D eigenvalue weighted by molar-refractivity contribution is 0.112. The van der Waals surface area contributed by atoms with Gasteiger partial charge in [-0.05, 0) is 35.8 Å². The van der Waals surface area contributed by atoms with E-state index in [2.05, 4.69) is 0 Å². The molecule has 0 heterocycles. The highest BCUT2D eigenvalue weighted by Crippen LogP contribution is 2.38. The van der Waals surface area contributed by atoms with Crippen molar-refractivity contribution >= 4 is 17.1 Å². The number of aromatic hydroxyl groups is 1. The lowest BCUT2D eigenvalue weighted by Crippen LogP contribution is -1.94. The van der Waals surface area contributed by atoms with Crippen molar-refractivity contribution in [2.24, 2.45) is 0 Å². The highest BCUT2D eigenvalue weighted by atomic mass is 16.3. The van der Waals surface area contributed by atoms with E-state index >= 15 is 0 Å². The molecule has 0 spiro atoms. The molecule has 0 radical (unpaired) electrons. The van der Waals surface area contributed by atoms with E-state index in [9.17, 15) is 9.90 Å². The van der Waals surface area contributed by atoms with Crippen molar-refractivity contribution in [2.45, 2.75) is 19.3 Å². The summed E-state index contributed by atoms with van der Waals surface area (Å²) in [6.07, 6.45) is 3.77. The average Bonchev–Trinajstić information content (AvgIpc) is 2.79. The number of aryl methyl sites for hydroxylation is 1. The van der Waals surface area contributed by atoms with Gasteiger partial charge in [0.1, 0.15) is 5.75 Å². The molecule has 0 amide bonds. The summed E-state index contributed by atoms with van der Waals surface area (Å²) in [5.74, 6) is 0.145. The number of carbonyl (C=O) groups excluding carboxylic acids is 1. The van der Waals surface area contributed by atoms with E-state index in [-0.39, 0.29) is 5.75 Å². The highest BCUT2D eigenvalue weighted by molar-refractivity contribution is 6.00. The number of rotatable bonds is 1. The third-order valence-corrected chi connectivity index (χ3v) is 3.42. The molecule has 0 bridgehead atoms. The molecular formula is C14H12O2. The van der Waals surface area contributed by atoms with Gasteiger partial charge >= 0.3 is 0 Å². The third-order valence-electron chi connectivity index (χ3n) is 3.42. The Bertz CT molecular complexity index is 585. The third kappa shape index (κ3) is 1.10. The minimum Gasteiger partial charge on any atom is -0.507 e. The maximum absolute atomic E-state index is 11.1. The number of benzene rings is 2. The van der Waals surface area contributed by atoms with Crippen LogP contribution in [-0.4, -0.2) is 11.4 Å². The molecule has 2 aromatic rings. The number of hydrogen-bond acceptors (Lipinski definition) is 2. The van der Waals surface area contributed by atoms with Crippen LogP contribution in [0, 0.1) is 0 Å². The second-order valence-corrected chi connectivity index (χ2v) is 4.24. The molecule has 0 aliphatic heterocycles. The second-order valence-electron chi connectivity index (χ2n) is 4.24. The van der Waals surface area contributed by atoms with E-state index < -0.39 is 0 Å². The number of aldehydes is 1. The maximum atomic E-state index is 11.1. The van der Waals surface area contributed by atoms with Gasteiger partial charge in [0, 0.05) is 5.39 Å². The summed E-state index contributed by atoms with van der Waals surface area (Å²) in [6, 6.07) is 7.75. The minimum atomic E-state index is 0.145. The van der Waals surface area contributed by atoms with Crippen LogP contribution in [-0.2, 0) is 12.8 Å². The number of phenolic OH excluding ortho intramolecular Hbond substituents is 1. The van der Waals surface area contributed by atoms with Gasteiger partial charge < -0.3 is 5.11 Å². The summed E-state index contributed by atoms with van der Waals surface area (Å²) in [6.45, 7) is 0. The highest BCUT2D eigenvalue weighted by Gasteiger charge is 2.21. The van der Waals surface area contributed by atoms with E-state index in [1.54, 1.807) is 0 Å². The van der Waals surface area contributed by atoms with Gasteiger partial charge in [-0.1, -0.05) is 24.3 Å². The van der Waals surface area contributed by atoms with E-state index in [0.717, 1.165) is 41.9 Å². The summed E-state index contributed by atoms with van der Waals surface area (Å²) < 4.78 is 0. The van der Waals surface area contributed by atoms with E-state index in [4.69, 9.17) is 0 Å². The Morgan fingerprint density at radius 1 is 1.06 bits per heavy atom. The first-order chi connectivity index (χ1) is 7.83. The van der Waals surface area contributed by atoms with Crippen LogP contribution in [0.3, 0.4) is 0 Å². The molecule has 2 aromatic carbocycles. The number of hydrogen-bond donors (Lipinski definition) is 1. The van der Waals surface area contributed by atoms with Crippen molar-refractivity contribution in [3.05, 3.63) is 41.0 Å². The fourth-order valence-corrected chi connectivity index (χ4v) is 2.71. The van der Waals surface area contributed by atoms with Crippen LogP contribution < -0.4 is 0 Å². The van der Waals surface area contributed by atoms with Crippen LogP contribution in [0.5, 0.6) is 5.75 Å². The smallest absolute Gasteiger partial charge is 0.154 e. The van der Waals surface area contributed by atoms with Gasteiger partial charge in [0.25, 0.3) is 0 Å². The van der Waals surface area contributed by atoms with Crippen molar-refractivity contribution < 1.29 is 9.90 Å². The van der Waals surface area contributed by atoms with Gasteiger partial charge in [0.05, 0.1) is 5.56 Å². The molecule has 1 N–H and O–H groups in total. The van der Waals surface area contributed by atoms with Crippen LogP contribution in [0.4, 0.5) is 0 Å². The number of fused-ring (bicyclic) bond motifs is 3. The Hall–Kier alpha value is -1.83. The van der Waals surface area contributed by atoms with Crippen molar-refractivity contribution in [3.8, 4) is 5.75 Å². The first-order valence-electron chi connectivity index (χ1n) is 5.53. The zero-order valence-electron chi connectivity index (χ0n) is 8.86. The molecule has 2 heteroatoms. The zero-order chi connectivity index (χ0) is 11.1. The predicted molar refractivity (Wildman–Crippen MR) is 63.0 cm³/mol. The molecule has 0 unspecified atom stereocenters. The molecule has 16 heavy (non-hydrogen) atoms. The van der Waals surface area contributed by atoms with Crippen LogP contribution in [0.15, 0.2) is 24.3 Å². The molecule has 0 aromatic heterocycles. The van der Waals surface area contributed by atoms with Gasteiger partial charge in [0.15, 0.2) is 6.29 Å². The van der Waals surface area contributed by atoms with E-state index in [1.165, 1.54) is 5.56 Å². The average molecular weight is 212 g/mol. The van der Waals surface area contributed by atoms with Crippen molar-refractivity contribution in [1.82, 2.24) is 0 Å². The van der Waals surface area contributed by atoms with Crippen LogP contribution in [0.2, 0.25) is 0 Å². The molecule has 0 saturated carbocycles. The largest absolute Gasteiger partial charge is 0.507 e. The second kappa shape index (κ2) is 3.34. The van der Waals surface area contributed by atoms with Crippen molar-refractivity contribution in [3.63, 3.8) is 0 Å². The van der Waals surface area contributed by atoms with Gasteiger partial charge in [-0.3, -0.25) is 4.79 Å². The molecule has 2 nitrogen and oxygen atoms in total. The van der Waals surface area contributed by atoms with Crippen LogP contribution in [0.1, 0.15) is 27.9 Å². The Balaban J connectivity index is 2.52. The lowest BCUT2D eigenvalue weighted by atomic mass is 9.95. The molecule has 3 rings (SSSR count). The van der Waals surface area contributed by atoms with Crippen LogP contribution in [0.25, 0.3) is 10.8 Å². The van der Waals surface area contributed by atoms with Crippen LogP contribution >= 0.6 is 0 Å². The topological polar surface area (TPSA) is 37.3 Å². The Morgan fingerprint density at radius 3 is 2.50 bits per heavy atom. The predicted octanol–water partition coefficient (Wildman–Crippen LogP) is 2.85. The molecule has 0 fully saturated rings. The summed E-state index contributed by atoms with van der Waals surface area (Å²) in [5.41, 5.74) is 2.79. The van der Waals surface area contributed by atoms with Gasteiger partial charge in [0.2, 0.25) is 0 Å². The lowest BCUT2D eigenvalue weighted by Gasteiger charge is -2.10. The zero-order valence-corrected chi connectivity index (χ0v) is 8.86. The standard InChI is InChI=1S/C14H12O2/c15-8-13-11-7-3-6-9(11)10-4-1-2-5-12(10)14(13)16/h1-2,4-5,8,16H,3,6-7H2. The molecule has 80 valence electrons. The molecule has 0 atom stereocenters. The van der Waals surface area contributed by atoms with Crippen molar-refractivity contribution in [1.29, 1.82) is 0 Å². The molecule has 0 saturated heterocycles. The molecular weight excluding hydrogens is 200 g/mol. The van der Waals surface area contributed by atoms with Gasteiger partial charge in [-0.25, -0.2) is 0 Å². The summed E-state index contributed by atoms with van der Waals surface area (Å²) in [7, 11) is 0. The normalized spacial score (nSPS) is 14.0. The first kappa shape index (κ1) is 9.40. The first-order valence-corrected chi connectivity index (χ1v) is 5.53. The van der Waals surface area contributed by atoms with Gasteiger partial charge in [-0.2, -0.15) is 0 Å². The Morgan fingerprint density at radius 2 is 1.75 bits per heavy atom. The van der Waals surface area contributed by atoms with E-state index in [0.29, 0.717) is 5.56 Å². The number of carbonyl (C=O) groups is 1. The Labute approximate surface area is 93.5 Å². The quantitative estimate of drug-likeness (QED) is 0.738. The maximum Gasteiger partial charge on any atom is 0.154 e. The SMILES string of the molecule is O=Cc1c2c(c3ccccc3c1O)CCC2. The fraction of sp³-hybridized carbons (Fsp3) is 0.214. The van der Waals surface area contributed by atoms with E-state index in [1.807, 2.05) is 24.3 Å². The monoisotopic (exact) mass is 212 g/mol. The Kier molecular flexibility index (Phi) is 1.96. The number of phenols is 1. The van der Waals surface area contributed by atoms with Gasteiger partial charge in [-0.15, -0.1) is 0 Å². The summed E-state index contributed by atoms with van der Waals surface area (Å²) >= 11 is 0. The summed E-state index contributed by atoms with van der Waals surface area (Å²) in [4.78, 5) is 11.1. The minimum absolute atomic E-state index is 0.145. The molecule has 1 aliphatic rings. The molecule has 1 aliphatic carbocycles. The fourth-order valence-electron chi connectivity index (χ4n) is 2.71. The summed E-state index contributed by atoms with van der Waals surface area (Å²) in [5, 5.41) is 12.0.